The number of carbonyl (C=O) groups is 5. The molecule has 2 aliphatic rings. The average molecular weight is 692 g/mol. The summed E-state index contributed by atoms with van der Waals surface area (Å²) in [5.74, 6) is -6.38. The number of rotatable bonds is 14. The molecule has 0 aliphatic carbocycles. The van der Waals surface area contributed by atoms with Crippen LogP contribution in [0.1, 0.15) is 29.9 Å². The summed E-state index contributed by atoms with van der Waals surface area (Å²) in [7, 11) is 0. The van der Waals surface area contributed by atoms with Crippen LogP contribution in [0.4, 0.5) is 10.8 Å². The summed E-state index contributed by atoms with van der Waals surface area (Å²) in [6.07, 6.45) is 1.43. The Bertz CT molecular complexity index is 1710. The largest absolute Gasteiger partial charge is 0.504 e. The lowest BCUT2D eigenvalue weighted by Crippen LogP contribution is -2.71. The first-order valence-electron chi connectivity index (χ1n) is 13.4. The van der Waals surface area contributed by atoms with Gasteiger partial charge in [0.15, 0.2) is 22.3 Å². The van der Waals surface area contributed by atoms with Crippen LogP contribution in [-0.2, 0) is 28.9 Å². The van der Waals surface area contributed by atoms with Gasteiger partial charge in [-0.05, 0) is 25.5 Å². The van der Waals surface area contributed by atoms with E-state index < -0.39 is 69.6 Å². The fraction of sp³-hybridized carbons (Fsp3) is 0.296. The molecule has 1 aromatic carbocycles. The van der Waals surface area contributed by atoms with Gasteiger partial charge < -0.3 is 41.6 Å². The number of oxime groups is 1. The highest BCUT2D eigenvalue weighted by atomic mass is 32.2. The Morgan fingerprint density at radius 1 is 1.23 bits per heavy atom. The summed E-state index contributed by atoms with van der Waals surface area (Å²) in [4.78, 5) is 78.4. The molecule has 3 amide bonds. The van der Waals surface area contributed by atoms with Crippen molar-refractivity contribution in [3.63, 3.8) is 0 Å². The van der Waals surface area contributed by atoms with Crippen molar-refractivity contribution in [2.75, 3.05) is 30.1 Å². The fourth-order valence-corrected chi connectivity index (χ4v) is 6.03. The van der Waals surface area contributed by atoms with Gasteiger partial charge >= 0.3 is 11.9 Å². The third-order valence-corrected chi connectivity index (χ3v) is 8.61. The number of thiazole rings is 1. The second kappa shape index (κ2) is 14.0. The number of nitrogens with zero attached hydrogens (tertiary/aromatic N) is 3. The maximum Gasteiger partial charge on any atom is 0.352 e. The Labute approximate surface area is 273 Å². The van der Waals surface area contributed by atoms with Crippen LogP contribution in [-0.4, -0.2) is 102 Å². The molecule has 2 aromatic rings. The molecule has 4 rings (SSSR count). The van der Waals surface area contributed by atoms with Crippen LogP contribution in [0.3, 0.4) is 0 Å². The van der Waals surface area contributed by atoms with Gasteiger partial charge in [0.2, 0.25) is 5.60 Å². The zero-order valence-electron chi connectivity index (χ0n) is 24.7. The van der Waals surface area contributed by atoms with Gasteiger partial charge in [0.05, 0.1) is 17.9 Å². The number of nitrogen functional groups attached to an aromatic ring is 1. The number of amides is 3. The number of nitrogens with one attached hydrogen (secondary N) is 3. The first-order valence-corrected chi connectivity index (χ1v) is 15.3. The van der Waals surface area contributed by atoms with Gasteiger partial charge in [-0.25, -0.2) is 14.6 Å². The van der Waals surface area contributed by atoms with Gasteiger partial charge in [-0.15, -0.1) is 29.7 Å². The van der Waals surface area contributed by atoms with Gasteiger partial charge in [0.25, 0.3) is 17.7 Å². The predicted molar refractivity (Wildman–Crippen MR) is 167 cm³/mol. The molecule has 0 saturated carbocycles. The minimum absolute atomic E-state index is 0.00171. The van der Waals surface area contributed by atoms with E-state index in [1.165, 1.54) is 25.3 Å². The van der Waals surface area contributed by atoms with Gasteiger partial charge in [0, 0.05) is 23.7 Å². The minimum atomic E-state index is -1.82. The molecule has 9 N–H and O–H groups in total. The van der Waals surface area contributed by atoms with Gasteiger partial charge in [-0.2, -0.15) is 0 Å². The Kier molecular flexibility index (Phi) is 10.3. The minimum Gasteiger partial charge on any atom is -0.504 e. The molecule has 47 heavy (non-hydrogen) atoms. The number of hydrogen-bond acceptors (Lipinski definition) is 15. The van der Waals surface area contributed by atoms with E-state index in [2.05, 4.69) is 32.8 Å². The molecule has 0 bridgehead atoms. The number of fused-ring (bicyclic) bond motifs is 1. The summed E-state index contributed by atoms with van der Waals surface area (Å²) in [5, 5.41) is 48.4. The van der Waals surface area contributed by atoms with Crippen LogP contribution in [0.5, 0.6) is 11.5 Å². The van der Waals surface area contributed by atoms with Crippen molar-refractivity contribution in [2.24, 2.45) is 5.16 Å². The first kappa shape index (κ1) is 34.5. The molecule has 2 atom stereocenters. The number of phenols is 2. The van der Waals surface area contributed by atoms with Crippen molar-refractivity contribution in [2.45, 2.75) is 30.9 Å². The maximum absolute atomic E-state index is 13.3. The highest BCUT2D eigenvalue weighted by Crippen LogP contribution is 2.40. The Balaban J connectivity index is 1.51. The van der Waals surface area contributed by atoms with Crippen molar-refractivity contribution in [3.05, 3.63) is 52.7 Å². The molecule has 250 valence electrons. The lowest BCUT2D eigenvalue weighted by Gasteiger charge is -2.49. The number of carboxylic acids is 2. The molecule has 20 heteroatoms. The Morgan fingerprint density at radius 3 is 2.55 bits per heavy atom. The lowest BCUT2D eigenvalue weighted by molar-refractivity contribution is -0.161. The number of benzene rings is 1. The molecular weight excluding hydrogens is 662 g/mol. The number of carbonyl (C=O) groups excluding carboxylic acids is 3. The SMILES string of the molecule is C=CCONc1cc(O)c(O)cc1C(=O)NCC1=C(C(=O)O)N2C(=O)C(NC(=O)C(=NOC(C)(C)C(=O)O)c3csc(N)n3)[C@@H]2SC1. The number of anilines is 2. The smallest absolute Gasteiger partial charge is 0.352 e. The van der Waals surface area contributed by atoms with E-state index in [4.69, 9.17) is 15.4 Å². The average Bonchev–Trinajstić information content (AvgIpc) is 3.45. The highest BCUT2D eigenvalue weighted by Gasteiger charge is 2.54. The maximum atomic E-state index is 13.3. The van der Waals surface area contributed by atoms with E-state index in [1.807, 2.05) is 0 Å². The topological polar surface area (TPSA) is 275 Å². The molecule has 0 spiro atoms. The van der Waals surface area contributed by atoms with Gasteiger partial charge in [-0.1, -0.05) is 11.2 Å². The number of nitrogens with two attached hydrogens (primary N) is 1. The number of aromatic nitrogens is 1. The van der Waals surface area contributed by atoms with Crippen LogP contribution >= 0.6 is 23.1 Å². The summed E-state index contributed by atoms with van der Waals surface area (Å²) >= 11 is 2.10. The van der Waals surface area contributed by atoms with Crippen LogP contribution in [0.2, 0.25) is 0 Å². The van der Waals surface area contributed by atoms with Crippen molar-refractivity contribution in [1.29, 1.82) is 0 Å². The zero-order valence-corrected chi connectivity index (χ0v) is 26.3. The number of thioether (sulfide) groups is 1. The number of phenolic OH excluding ortho intramolecular Hbond substituents is 2. The molecule has 1 aromatic heterocycles. The quantitative estimate of drug-likeness (QED) is 0.0254. The van der Waals surface area contributed by atoms with Crippen molar-refractivity contribution >= 4 is 69.3 Å². The first-order chi connectivity index (χ1) is 22.2. The fourth-order valence-electron chi connectivity index (χ4n) is 4.14. The summed E-state index contributed by atoms with van der Waals surface area (Å²) in [6.45, 7) is 5.64. The van der Waals surface area contributed by atoms with Crippen LogP contribution in [0, 0.1) is 0 Å². The molecule has 18 nitrogen and oxygen atoms in total. The molecule has 1 fully saturated rings. The monoisotopic (exact) mass is 691 g/mol. The molecule has 1 unspecified atom stereocenters. The number of aliphatic carboxylic acids is 2. The van der Waals surface area contributed by atoms with Crippen molar-refractivity contribution in [1.82, 2.24) is 20.5 Å². The number of β-lactam (4-membered cyclic amide) rings is 1. The third kappa shape index (κ3) is 7.39. The summed E-state index contributed by atoms with van der Waals surface area (Å²) < 4.78 is 0. The Hall–Kier alpha value is -5.34. The highest BCUT2D eigenvalue weighted by molar-refractivity contribution is 8.00. The molecule has 1 saturated heterocycles. The van der Waals surface area contributed by atoms with E-state index >= 15 is 0 Å². The lowest BCUT2D eigenvalue weighted by atomic mass is 10.0. The van der Waals surface area contributed by atoms with Gasteiger partial charge in [0.1, 0.15) is 22.8 Å². The third-order valence-electron chi connectivity index (χ3n) is 6.60. The van der Waals surface area contributed by atoms with Crippen LogP contribution in [0.25, 0.3) is 0 Å². The van der Waals surface area contributed by atoms with E-state index in [0.29, 0.717) is 0 Å². The molecule has 3 heterocycles. The van der Waals surface area contributed by atoms with E-state index in [-0.39, 0.29) is 46.6 Å². The molecular formula is C27H29N7O11S2. The molecule has 2 aliphatic heterocycles. The second-order valence-corrected chi connectivity index (χ2v) is 12.3. The van der Waals surface area contributed by atoms with Crippen LogP contribution < -0.4 is 21.8 Å². The van der Waals surface area contributed by atoms with Gasteiger partial charge in [-0.3, -0.25) is 29.6 Å². The Morgan fingerprint density at radius 2 is 1.94 bits per heavy atom. The zero-order chi connectivity index (χ0) is 34.6. The summed E-state index contributed by atoms with van der Waals surface area (Å²) in [5.41, 5.74) is 5.47. The second-order valence-electron chi connectivity index (χ2n) is 10.3. The number of hydrogen-bond donors (Lipinski definition) is 8. The van der Waals surface area contributed by atoms with Crippen LogP contribution in [0.15, 0.2) is 46.6 Å². The van der Waals surface area contributed by atoms with E-state index in [9.17, 15) is 44.4 Å². The van der Waals surface area contributed by atoms with Crippen molar-refractivity contribution < 1.29 is 54.1 Å². The van der Waals surface area contributed by atoms with Crippen molar-refractivity contribution in [3.8, 4) is 11.5 Å². The predicted octanol–water partition coefficient (Wildman–Crippen LogP) is 0.419. The van der Waals surface area contributed by atoms with E-state index in [0.717, 1.165) is 40.1 Å². The number of carboxylic acid groups (broad SMARTS) is 2. The number of aromatic hydroxyl groups is 2. The summed E-state index contributed by atoms with van der Waals surface area (Å²) in [6, 6.07) is 0.845. The normalized spacial score (nSPS) is 17.7. The van der Waals surface area contributed by atoms with E-state index in [1.54, 1.807) is 0 Å². The molecule has 0 radical (unpaired) electrons. The standard InChI is InChI=1S/C27H29N7O11S2/c1-4-5-44-32-13-7-16(36)15(35)6-12(13)20(37)29-8-11-9-46-23-18(22(39)34(23)19(11)24(40)41)31-21(38)17(14-10-47-26(28)30-14)33-45-27(2,3)25(42)43/h4,6-7,10,18,23,32,35-36H,1,5,8-9H2,2-3H3,(H2,28,30)(H,29,37)(H,31,38)(H,40,41)(H,42,43)/t18?,23-/m0/s1.